The molecule has 0 radical (unpaired) electrons. The molecular weight excluding hydrogens is 580 g/mol. The number of aliphatic hydroxyl groups is 5. The Hall–Kier alpha value is -1.87. The first-order chi connectivity index (χ1) is 18.0. The average Bonchev–Trinajstić information content (AvgIpc) is 3.10. The molecule has 7 N–H and O–H groups in total. The number of aliphatic hydroxyl groups excluding tert-OH is 5. The Kier molecular flexibility index (Phi) is 10.0. The van der Waals surface area contributed by atoms with Gasteiger partial charge in [0.15, 0.2) is 12.5 Å². The molecule has 0 saturated carbocycles. The molecule has 3 heterocycles. The number of H-pyrrole nitrogens is 1. The van der Waals surface area contributed by atoms with Crippen LogP contribution in [0.5, 0.6) is 0 Å². The number of carbonyl (C=O) groups is 1. The number of nitrogens with zero attached hydrogens (tertiary/aromatic N) is 1. The minimum Gasteiger partial charge on any atom is -0.756 e. The van der Waals surface area contributed by atoms with Gasteiger partial charge < -0.3 is 54.6 Å². The van der Waals surface area contributed by atoms with Gasteiger partial charge in [0.1, 0.15) is 42.7 Å². The Morgan fingerprint density at radius 2 is 1.72 bits per heavy atom. The summed E-state index contributed by atoms with van der Waals surface area (Å²) in [7, 11) is -11.8. The van der Waals surface area contributed by atoms with Crippen molar-refractivity contribution in [1.82, 2.24) is 14.9 Å². The minimum absolute atomic E-state index is 0.697. The van der Waals surface area contributed by atoms with Gasteiger partial charge in [0.05, 0.1) is 13.2 Å². The Balaban J connectivity index is 1.66. The summed E-state index contributed by atoms with van der Waals surface area (Å²) in [4.78, 5) is 60.9. The number of ether oxygens (including phenoxy) is 2. The maximum absolute atomic E-state index is 12.3. The van der Waals surface area contributed by atoms with Crippen LogP contribution in [0.2, 0.25) is 0 Å². The molecule has 0 spiro atoms. The molecular formula is C17H25N3O17P2-2. The molecule has 222 valence electrons. The first-order valence-corrected chi connectivity index (χ1v) is 13.9. The molecule has 2 fully saturated rings. The highest BCUT2D eigenvalue weighted by Crippen LogP contribution is 2.57. The van der Waals surface area contributed by atoms with E-state index in [1.165, 1.54) is 0 Å². The number of aromatic nitrogens is 2. The van der Waals surface area contributed by atoms with Gasteiger partial charge in [0.25, 0.3) is 21.2 Å². The van der Waals surface area contributed by atoms with Crippen LogP contribution < -0.4 is 26.4 Å². The molecule has 0 bridgehead atoms. The Morgan fingerprint density at radius 3 is 2.31 bits per heavy atom. The maximum atomic E-state index is 12.3. The van der Waals surface area contributed by atoms with Crippen LogP contribution in [0.4, 0.5) is 0 Å². The monoisotopic (exact) mass is 605 g/mol. The summed E-state index contributed by atoms with van der Waals surface area (Å²) in [6.07, 6.45) is -13.4. The summed E-state index contributed by atoms with van der Waals surface area (Å²) in [6, 6.07) is -0.844. The van der Waals surface area contributed by atoms with Crippen LogP contribution in [0, 0.1) is 0 Å². The second kappa shape index (κ2) is 12.3. The van der Waals surface area contributed by atoms with E-state index in [1.807, 2.05) is 4.98 Å². The summed E-state index contributed by atoms with van der Waals surface area (Å²) in [5.41, 5.74) is -1.79. The zero-order valence-corrected chi connectivity index (χ0v) is 21.5. The second-order valence-corrected chi connectivity index (χ2v) is 11.3. The SMILES string of the molecule is CC(=O)N[C@H]1[C@@H](OP(=O)([O-])OP(=O)([O-])OC[C@H]2O[C@@H](n3ccc(=O)[nH]c3=O)C(O)[C@H]2O)O[C@H](CO)[C@@H](O)[C@@H]1O. The van der Waals surface area contributed by atoms with Gasteiger partial charge in [-0.15, -0.1) is 0 Å². The standard InChI is InChI=1S/C17H27N3O17P2/c1-6(22)18-10-13(26)11(24)7(4-21)35-16(10)36-39(31,32)37-38(29,30)33-5-8-12(25)14(27)15(34-8)20-3-2-9(23)19-17(20)28/h2-3,7-8,10-16,21,24-27H,4-5H2,1H3,(H,18,22)(H,29,30)(H,31,32)(H,19,23,28)/p-2/t7-,8-,10-,11-,12+,13-,14?,15-,16-/m1/s1. The number of phosphoric acid groups is 2. The van der Waals surface area contributed by atoms with Crippen molar-refractivity contribution in [1.29, 1.82) is 0 Å². The van der Waals surface area contributed by atoms with Crippen molar-refractivity contribution in [3.05, 3.63) is 33.1 Å². The quantitative estimate of drug-likeness (QED) is 0.122. The van der Waals surface area contributed by atoms with Crippen molar-refractivity contribution >= 4 is 21.6 Å². The highest BCUT2D eigenvalue weighted by Gasteiger charge is 2.47. The van der Waals surface area contributed by atoms with Gasteiger partial charge in [0.2, 0.25) is 5.91 Å². The predicted octanol–water partition coefficient (Wildman–Crippen LogP) is -5.91. The number of rotatable bonds is 10. The molecule has 3 unspecified atom stereocenters. The molecule has 0 aliphatic carbocycles. The first kappa shape index (κ1) is 31.7. The van der Waals surface area contributed by atoms with Gasteiger partial charge in [-0.25, -0.2) is 9.11 Å². The van der Waals surface area contributed by atoms with Crippen LogP contribution in [0.15, 0.2) is 21.9 Å². The van der Waals surface area contributed by atoms with Crippen LogP contribution in [0.25, 0.3) is 0 Å². The van der Waals surface area contributed by atoms with E-state index in [-0.39, 0.29) is 0 Å². The number of hydrogen-bond acceptors (Lipinski definition) is 17. The molecule has 2 saturated heterocycles. The van der Waals surface area contributed by atoms with Gasteiger partial charge in [-0.3, -0.25) is 32.8 Å². The van der Waals surface area contributed by atoms with Crippen molar-refractivity contribution in [2.24, 2.45) is 0 Å². The molecule has 1 aromatic rings. The number of phosphoric ester groups is 2. The largest absolute Gasteiger partial charge is 0.756 e. The van der Waals surface area contributed by atoms with E-state index in [0.717, 1.165) is 19.2 Å². The summed E-state index contributed by atoms with van der Waals surface area (Å²) < 4.78 is 48.2. The zero-order chi connectivity index (χ0) is 29.3. The van der Waals surface area contributed by atoms with Crippen LogP contribution in [-0.4, -0.2) is 103 Å². The second-order valence-electron chi connectivity index (χ2n) is 8.37. The Morgan fingerprint density at radius 1 is 1.08 bits per heavy atom. The molecule has 20 nitrogen and oxygen atoms in total. The van der Waals surface area contributed by atoms with Gasteiger partial charge in [-0.1, -0.05) is 0 Å². The van der Waals surface area contributed by atoms with Crippen molar-refractivity contribution in [2.45, 2.75) is 62.1 Å². The number of aromatic amines is 1. The van der Waals surface area contributed by atoms with Gasteiger partial charge in [-0.2, -0.15) is 0 Å². The predicted molar refractivity (Wildman–Crippen MR) is 116 cm³/mol. The first-order valence-electron chi connectivity index (χ1n) is 10.9. The third-order valence-electron chi connectivity index (χ3n) is 5.54. The molecule has 1 amide bonds. The van der Waals surface area contributed by atoms with E-state index in [2.05, 4.69) is 18.7 Å². The molecule has 2 aliphatic rings. The van der Waals surface area contributed by atoms with Crippen LogP contribution >= 0.6 is 15.6 Å². The van der Waals surface area contributed by atoms with Gasteiger partial charge in [0, 0.05) is 19.2 Å². The lowest BCUT2D eigenvalue weighted by molar-refractivity contribution is -0.285. The van der Waals surface area contributed by atoms with Crippen molar-refractivity contribution in [3.63, 3.8) is 0 Å². The number of amides is 1. The van der Waals surface area contributed by atoms with Crippen molar-refractivity contribution < 1.29 is 72.1 Å². The summed E-state index contributed by atoms with van der Waals surface area (Å²) >= 11 is 0. The number of nitrogens with one attached hydrogen (secondary N) is 2. The van der Waals surface area contributed by atoms with E-state index in [9.17, 15) is 58.8 Å². The molecule has 3 rings (SSSR count). The Labute approximate surface area is 217 Å². The van der Waals surface area contributed by atoms with E-state index < -0.39 is 101 Å². The van der Waals surface area contributed by atoms with E-state index in [0.29, 0.717) is 4.57 Å². The van der Waals surface area contributed by atoms with Crippen molar-refractivity contribution in [3.8, 4) is 0 Å². The molecule has 22 heteroatoms. The van der Waals surface area contributed by atoms with Gasteiger partial charge >= 0.3 is 5.69 Å². The topological polar surface area (TPSA) is 312 Å². The van der Waals surface area contributed by atoms with Crippen molar-refractivity contribution in [2.75, 3.05) is 13.2 Å². The fraction of sp³-hybridized carbons (Fsp3) is 0.706. The lowest BCUT2D eigenvalue weighted by atomic mass is 9.97. The molecule has 1 aromatic heterocycles. The Bertz CT molecular complexity index is 1240. The van der Waals surface area contributed by atoms with E-state index >= 15 is 0 Å². The van der Waals surface area contributed by atoms with E-state index in [4.69, 9.17) is 9.47 Å². The normalized spacial score (nSPS) is 36.2. The molecule has 2 aliphatic heterocycles. The third kappa shape index (κ3) is 7.66. The maximum Gasteiger partial charge on any atom is 0.330 e. The summed E-state index contributed by atoms with van der Waals surface area (Å²) in [6.45, 7) is -1.09. The molecule has 0 aromatic carbocycles. The highest BCUT2D eigenvalue weighted by atomic mass is 31.3. The molecule has 39 heavy (non-hydrogen) atoms. The smallest absolute Gasteiger partial charge is 0.330 e. The summed E-state index contributed by atoms with van der Waals surface area (Å²) in [5, 5.41) is 51.7. The number of hydrogen-bond donors (Lipinski definition) is 7. The third-order valence-corrected chi connectivity index (χ3v) is 8.07. The lowest BCUT2D eigenvalue weighted by Crippen LogP contribution is -2.64. The highest BCUT2D eigenvalue weighted by molar-refractivity contribution is 7.59. The van der Waals surface area contributed by atoms with Crippen LogP contribution in [0.1, 0.15) is 13.2 Å². The number of carbonyl (C=O) groups excluding carboxylic acids is 1. The van der Waals surface area contributed by atoms with Crippen LogP contribution in [-0.2, 0) is 36.8 Å². The zero-order valence-electron chi connectivity index (χ0n) is 19.7. The minimum atomic E-state index is -5.94. The fourth-order valence-electron chi connectivity index (χ4n) is 3.74. The molecule has 11 atom stereocenters. The lowest BCUT2D eigenvalue weighted by Gasteiger charge is -2.44. The fourth-order valence-corrected chi connectivity index (χ4v) is 5.83. The van der Waals surface area contributed by atoms with E-state index in [1.54, 1.807) is 0 Å². The summed E-state index contributed by atoms with van der Waals surface area (Å²) in [5.74, 6) is -0.829. The average molecular weight is 605 g/mol. The van der Waals surface area contributed by atoms with Gasteiger partial charge in [-0.05, 0) is 0 Å². The van der Waals surface area contributed by atoms with Crippen LogP contribution in [0.3, 0.4) is 0 Å².